The van der Waals surface area contributed by atoms with Crippen LogP contribution in [-0.4, -0.2) is 36.5 Å². The third-order valence-corrected chi connectivity index (χ3v) is 3.91. The lowest BCUT2D eigenvalue weighted by atomic mass is 10.0. The predicted octanol–water partition coefficient (Wildman–Crippen LogP) is 2.09. The van der Waals surface area contributed by atoms with E-state index in [4.69, 9.17) is 10.5 Å². The molecule has 0 aliphatic carbocycles. The van der Waals surface area contributed by atoms with Crippen LogP contribution in [0.4, 0.5) is 11.4 Å². The quantitative estimate of drug-likeness (QED) is 0.827. The molecule has 1 heterocycles. The van der Waals surface area contributed by atoms with Gasteiger partial charge in [-0.05, 0) is 45.4 Å². The Balaban J connectivity index is 2.01. The van der Waals surface area contributed by atoms with Gasteiger partial charge in [-0.3, -0.25) is 9.69 Å². The van der Waals surface area contributed by atoms with Crippen LogP contribution in [-0.2, 0) is 4.79 Å². The van der Waals surface area contributed by atoms with Crippen molar-refractivity contribution in [2.75, 3.05) is 31.2 Å². The summed E-state index contributed by atoms with van der Waals surface area (Å²) in [6.07, 6.45) is 2.27. The maximum Gasteiger partial charge on any atom is 0.238 e. The van der Waals surface area contributed by atoms with Crippen molar-refractivity contribution in [2.24, 2.45) is 0 Å². The Labute approximate surface area is 120 Å². The molecule has 1 amide bonds. The van der Waals surface area contributed by atoms with Crippen molar-refractivity contribution in [1.82, 2.24) is 4.90 Å². The summed E-state index contributed by atoms with van der Waals surface area (Å²) in [6, 6.07) is 5.22. The molecule has 0 atom stereocenters. The number of nitrogens with two attached hydrogens (primary N) is 1. The molecule has 3 N–H and O–H groups in total. The molecule has 5 nitrogen and oxygen atoms in total. The molecule has 0 bridgehead atoms. The van der Waals surface area contributed by atoms with Crippen LogP contribution in [0.15, 0.2) is 18.2 Å². The maximum absolute atomic E-state index is 12.2. The summed E-state index contributed by atoms with van der Waals surface area (Å²) in [5.74, 6) is 0.557. The average Bonchev–Trinajstić information content (AvgIpc) is 2.71. The van der Waals surface area contributed by atoms with E-state index in [0.717, 1.165) is 19.4 Å². The number of methoxy groups -OCH3 is 1. The Bertz CT molecular complexity index is 500. The first-order valence-electron chi connectivity index (χ1n) is 6.91. The molecule has 20 heavy (non-hydrogen) atoms. The molecule has 2 rings (SSSR count). The molecule has 1 aromatic carbocycles. The zero-order valence-corrected chi connectivity index (χ0v) is 12.4. The summed E-state index contributed by atoms with van der Waals surface area (Å²) < 4.78 is 5.23. The Morgan fingerprint density at radius 2 is 2.25 bits per heavy atom. The second kappa shape index (κ2) is 5.71. The van der Waals surface area contributed by atoms with E-state index in [-0.39, 0.29) is 11.4 Å². The number of ether oxygens (including phenoxy) is 1. The molecular formula is C15H23N3O2. The number of nitrogens with one attached hydrogen (secondary N) is 1. The Kier molecular flexibility index (Phi) is 4.18. The minimum Gasteiger partial charge on any atom is -0.494 e. The number of amides is 1. The van der Waals surface area contributed by atoms with E-state index in [0.29, 0.717) is 23.7 Å². The van der Waals surface area contributed by atoms with Gasteiger partial charge in [-0.1, -0.05) is 0 Å². The van der Waals surface area contributed by atoms with Gasteiger partial charge in [-0.25, -0.2) is 0 Å². The fraction of sp³-hybridized carbons (Fsp3) is 0.533. The summed E-state index contributed by atoms with van der Waals surface area (Å²) in [5.41, 5.74) is 7.07. The number of anilines is 2. The lowest BCUT2D eigenvalue weighted by Gasteiger charge is -2.30. The zero-order chi connectivity index (χ0) is 14.8. The number of rotatable bonds is 4. The van der Waals surface area contributed by atoms with E-state index in [1.54, 1.807) is 25.3 Å². The van der Waals surface area contributed by atoms with Crippen LogP contribution >= 0.6 is 0 Å². The highest BCUT2D eigenvalue weighted by Gasteiger charge is 2.32. The number of nitrogen functional groups attached to an aromatic ring is 1. The van der Waals surface area contributed by atoms with E-state index in [9.17, 15) is 4.79 Å². The third-order valence-electron chi connectivity index (χ3n) is 3.91. The summed E-state index contributed by atoms with van der Waals surface area (Å²) in [4.78, 5) is 14.4. The summed E-state index contributed by atoms with van der Waals surface area (Å²) in [7, 11) is 1.56. The largest absolute Gasteiger partial charge is 0.494 e. The molecule has 1 aromatic rings. The molecule has 1 saturated heterocycles. The zero-order valence-electron chi connectivity index (χ0n) is 12.4. The summed E-state index contributed by atoms with van der Waals surface area (Å²) >= 11 is 0. The van der Waals surface area contributed by atoms with Gasteiger partial charge in [0.25, 0.3) is 0 Å². The highest BCUT2D eigenvalue weighted by Crippen LogP contribution is 2.29. The van der Waals surface area contributed by atoms with Gasteiger partial charge in [0.15, 0.2) is 0 Å². The first-order chi connectivity index (χ1) is 9.42. The lowest BCUT2D eigenvalue weighted by molar-refractivity contribution is -0.118. The number of likely N-dealkylation sites (tertiary alicyclic amines) is 1. The minimum absolute atomic E-state index is 0.0250. The van der Waals surface area contributed by atoms with Gasteiger partial charge >= 0.3 is 0 Å². The molecule has 0 radical (unpaired) electrons. The van der Waals surface area contributed by atoms with Gasteiger partial charge < -0.3 is 15.8 Å². The van der Waals surface area contributed by atoms with Gasteiger partial charge in [-0.15, -0.1) is 0 Å². The van der Waals surface area contributed by atoms with Crippen LogP contribution < -0.4 is 15.8 Å². The SMILES string of the molecule is COc1cc(N)ccc1NC(=O)CN1CCCC1(C)C. The van der Waals surface area contributed by atoms with Crippen LogP contribution in [0, 0.1) is 0 Å². The molecule has 110 valence electrons. The van der Waals surface area contributed by atoms with Crippen molar-refractivity contribution in [2.45, 2.75) is 32.2 Å². The van der Waals surface area contributed by atoms with E-state index in [1.165, 1.54) is 0 Å². The van der Waals surface area contributed by atoms with E-state index < -0.39 is 0 Å². The lowest BCUT2D eigenvalue weighted by Crippen LogP contribution is -2.42. The van der Waals surface area contributed by atoms with Crippen LogP contribution in [0.3, 0.4) is 0 Å². The van der Waals surface area contributed by atoms with Crippen molar-refractivity contribution < 1.29 is 9.53 Å². The van der Waals surface area contributed by atoms with Gasteiger partial charge in [0.2, 0.25) is 5.91 Å². The first-order valence-corrected chi connectivity index (χ1v) is 6.91. The van der Waals surface area contributed by atoms with Crippen LogP contribution in [0.2, 0.25) is 0 Å². The number of carbonyl (C=O) groups is 1. The Morgan fingerprint density at radius 1 is 1.50 bits per heavy atom. The monoisotopic (exact) mass is 277 g/mol. The number of carbonyl (C=O) groups excluding carboxylic acids is 1. The van der Waals surface area contributed by atoms with Gasteiger partial charge in [0.05, 0.1) is 19.3 Å². The number of hydrogen-bond donors (Lipinski definition) is 2. The number of benzene rings is 1. The van der Waals surface area contributed by atoms with Gasteiger partial charge in [0.1, 0.15) is 5.75 Å². The summed E-state index contributed by atoms with van der Waals surface area (Å²) in [6.45, 7) is 5.73. The maximum atomic E-state index is 12.2. The fourth-order valence-corrected chi connectivity index (χ4v) is 2.63. The van der Waals surface area contributed by atoms with E-state index in [2.05, 4.69) is 24.1 Å². The standard InChI is InChI=1S/C15H23N3O2/c1-15(2)7-4-8-18(15)10-14(19)17-12-6-5-11(16)9-13(12)20-3/h5-6,9H,4,7-8,10,16H2,1-3H3,(H,17,19). The number of nitrogens with zero attached hydrogens (tertiary/aromatic N) is 1. The molecule has 1 aliphatic heterocycles. The highest BCUT2D eigenvalue weighted by atomic mass is 16.5. The molecule has 0 spiro atoms. The minimum atomic E-state index is -0.0250. The predicted molar refractivity (Wildman–Crippen MR) is 80.9 cm³/mol. The second-order valence-corrected chi connectivity index (χ2v) is 5.85. The van der Waals surface area contributed by atoms with Gasteiger partial charge in [0, 0.05) is 17.3 Å². The van der Waals surface area contributed by atoms with Crippen LogP contribution in [0.25, 0.3) is 0 Å². The second-order valence-electron chi connectivity index (χ2n) is 5.85. The van der Waals surface area contributed by atoms with Crippen LogP contribution in [0.1, 0.15) is 26.7 Å². The topological polar surface area (TPSA) is 67.6 Å². The molecule has 0 aromatic heterocycles. The Hall–Kier alpha value is -1.75. The van der Waals surface area contributed by atoms with Crippen molar-refractivity contribution >= 4 is 17.3 Å². The molecule has 0 unspecified atom stereocenters. The number of hydrogen-bond acceptors (Lipinski definition) is 4. The third kappa shape index (κ3) is 3.22. The fourth-order valence-electron chi connectivity index (χ4n) is 2.63. The van der Waals surface area contributed by atoms with Crippen molar-refractivity contribution in [3.8, 4) is 5.75 Å². The first kappa shape index (κ1) is 14.7. The molecular weight excluding hydrogens is 254 g/mol. The van der Waals surface area contributed by atoms with Crippen molar-refractivity contribution in [3.63, 3.8) is 0 Å². The molecule has 0 saturated carbocycles. The summed E-state index contributed by atoms with van der Waals surface area (Å²) in [5, 5.41) is 2.89. The van der Waals surface area contributed by atoms with E-state index in [1.807, 2.05) is 0 Å². The van der Waals surface area contributed by atoms with Crippen molar-refractivity contribution in [1.29, 1.82) is 0 Å². The molecule has 1 fully saturated rings. The smallest absolute Gasteiger partial charge is 0.238 e. The average molecular weight is 277 g/mol. The Morgan fingerprint density at radius 3 is 2.85 bits per heavy atom. The van der Waals surface area contributed by atoms with Gasteiger partial charge in [-0.2, -0.15) is 0 Å². The highest BCUT2D eigenvalue weighted by molar-refractivity contribution is 5.94. The molecule has 1 aliphatic rings. The molecule has 5 heteroatoms. The van der Waals surface area contributed by atoms with Crippen molar-refractivity contribution in [3.05, 3.63) is 18.2 Å². The normalized spacial score (nSPS) is 17.9. The van der Waals surface area contributed by atoms with E-state index >= 15 is 0 Å². The van der Waals surface area contributed by atoms with Crippen LogP contribution in [0.5, 0.6) is 5.75 Å².